The fraction of sp³-hybridized carbons (Fsp3) is 0.457. The van der Waals surface area contributed by atoms with Crippen molar-refractivity contribution in [3.05, 3.63) is 85.0 Å². The number of carbonyl (C=O) groups is 3. The summed E-state index contributed by atoms with van der Waals surface area (Å²) in [6.07, 6.45) is 7.03. The molecule has 2 unspecified atom stereocenters. The van der Waals surface area contributed by atoms with Gasteiger partial charge >= 0.3 is 0 Å². The summed E-state index contributed by atoms with van der Waals surface area (Å²) < 4.78 is -0.677. The number of unbranched alkanes of at least 4 members (excludes halogenated alkanes) is 2. The number of aryl methyl sites for hydroxylation is 2. The number of amides is 3. The van der Waals surface area contributed by atoms with Gasteiger partial charge < -0.3 is 19.8 Å². The first kappa shape index (κ1) is 31.1. The summed E-state index contributed by atoms with van der Waals surface area (Å²) in [4.78, 5) is 49.0. The minimum absolute atomic E-state index is 0.0297. The van der Waals surface area contributed by atoms with Crippen LogP contribution in [0.25, 0.3) is 0 Å². The molecule has 3 fully saturated rings. The van der Waals surface area contributed by atoms with Gasteiger partial charge in [-0.05, 0) is 75.3 Å². The molecular weight excluding hydrogens is 558 g/mol. The first-order valence-electron chi connectivity index (χ1n) is 15.3. The lowest BCUT2D eigenvalue weighted by Crippen LogP contribution is -2.55. The molecule has 3 saturated heterocycles. The molecule has 0 aromatic heterocycles. The van der Waals surface area contributed by atoms with Crippen LogP contribution >= 0.6 is 11.8 Å². The van der Waals surface area contributed by atoms with E-state index in [1.807, 2.05) is 62.4 Å². The first-order chi connectivity index (χ1) is 20.8. The standard InChI is InChI=1S/C35H43N3O4S/c1-5-19-36(26-13-9-7-10-14-26)32(40)29-28-17-18-35(43-28)30(29)33(41)38(21-11-8-12-22-39)31(35)34(42)37(20-6-2)27-23-24(3)15-16-25(27)4/h5-7,9-10,13-16,23,28-31,39H,1-2,8,11-12,17-22H2,3-4H3/t28-,29+,30+,31?,35?/m1/s1. The molecule has 3 aliphatic heterocycles. The van der Waals surface area contributed by atoms with Crippen molar-refractivity contribution in [2.45, 2.75) is 62.0 Å². The summed E-state index contributed by atoms with van der Waals surface area (Å²) in [5.41, 5.74) is 3.63. The van der Waals surface area contributed by atoms with E-state index in [0.29, 0.717) is 38.9 Å². The lowest BCUT2D eigenvalue weighted by Gasteiger charge is -2.38. The smallest absolute Gasteiger partial charge is 0.251 e. The SMILES string of the molecule is C=CCN(C(=O)[C@@H]1[C@H]2C(=O)N(CCCCCO)C(C(=O)N(CC=C)c3cc(C)ccc3C)C23CC[C@H]1S3)c1ccccc1. The number of rotatable bonds is 13. The number of hydrogen-bond donors (Lipinski definition) is 1. The number of carbonyl (C=O) groups excluding carboxylic acids is 3. The average Bonchev–Trinajstić information content (AvgIpc) is 3.65. The Hall–Kier alpha value is -3.36. The van der Waals surface area contributed by atoms with Gasteiger partial charge in [-0.3, -0.25) is 14.4 Å². The molecule has 1 N–H and O–H groups in total. The molecule has 5 rings (SSSR count). The van der Waals surface area contributed by atoms with Crippen molar-refractivity contribution in [2.75, 3.05) is 36.0 Å². The molecule has 3 heterocycles. The molecular formula is C35H43N3O4S. The van der Waals surface area contributed by atoms with Gasteiger partial charge in [-0.15, -0.1) is 24.9 Å². The molecule has 43 heavy (non-hydrogen) atoms. The molecule has 0 aliphatic carbocycles. The van der Waals surface area contributed by atoms with Gasteiger partial charge in [0.25, 0.3) is 5.91 Å². The maximum absolute atomic E-state index is 14.8. The van der Waals surface area contributed by atoms with Crippen LogP contribution in [0.15, 0.2) is 73.8 Å². The van der Waals surface area contributed by atoms with E-state index < -0.39 is 22.6 Å². The zero-order valence-electron chi connectivity index (χ0n) is 25.3. The van der Waals surface area contributed by atoms with Crippen LogP contribution in [-0.2, 0) is 14.4 Å². The van der Waals surface area contributed by atoms with Crippen LogP contribution in [0.1, 0.15) is 43.2 Å². The van der Waals surface area contributed by atoms with E-state index in [1.165, 1.54) is 0 Å². The summed E-state index contributed by atoms with van der Waals surface area (Å²) in [5.74, 6) is -1.37. The molecule has 7 nitrogen and oxygen atoms in total. The van der Waals surface area contributed by atoms with Gasteiger partial charge in [-0.1, -0.05) is 42.5 Å². The van der Waals surface area contributed by atoms with E-state index in [1.54, 1.807) is 38.6 Å². The molecule has 0 saturated carbocycles. The highest BCUT2D eigenvalue weighted by Gasteiger charge is 2.74. The number of likely N-dealkylation sites (tertiary alicyclic amines) is 1. The summed E-state index contributed by atoms with van der Waals surface area (Å²) >= 11 is 1.69. The Balaban J connectivity index is 1.55. The zero-order chi connectivity index (χ0) is 30.7. The summed E-state index contributed by atoms with van der Waals surface area (Å²) in [6.45, 7) is 13.0. The van der Waals surface area contributed by atoms with Gasteiger partial charge in [0, 0.05) is 42.9 Å². The zero-order valence-corrected chi connectivity index (χ0v) is 26.1. The first-order valence-corrected chi connectivity index (χ1v) is 16.2. The number of para-hydroxylation sites is 1. The Morgan fingerprint density at radius 2 is 1.74 bits per heavy atom. The third-order valence-corrected chi connectivity index (χ3v) is 11.2. The molecule has 5 atom stereocenters. The molecule has 228 valence electrons. The van der Waals surface area contributed by atoms with Crippen molar-refractivity contribution >= 4 is 40.9 Å². The lowest BCUT2D eigenvalue weighted by molar-refractivity contribution is -0.139. The Morgan fingerprint density at radius 3 is 2.44 bits per heavy atom. The highest BCUT2D eigenvalue weighted by Crippen LogP contribution is 2.67. The maximum Gasteiger partial charge on any atom is 0.251 e. The summed E-state index contributed by atoms with van der Waals surface area (Å²) in [5, 5.41) is 9.33. The number of fused-ring (bicyclic) bond motifs is 1. The Morgan fingerprint density at radius 1 is 1.02 bits per heavy atom. The topological polar surface area (TPSA) is 81.2 Å². The number of aliphatic hydroxyl groups excluding tert-OH is 1. The van der Waals surface area contributed by atoms with Crippen molar-refractivity contribution in [2.24, 2.45) is 11.8 Å². The van der Waals surface area contributed by atoms with E-state index in [4.69, 9.17) is 0 Å². The van der Waals surface area contributed by atoms with Gasteiger partial charge in [-0.2, -0.15) is 0 Å². The average molecular weight is 602 g/mol. The Kier molecular flexibility index (Phi) is 9.47. The molecule has 3 amide bonds. The highest BCUT2D eigenvalue weighted by molar-refractivity contribution is 8.02. The molecule has 8 heteroatoms. The van der Waals surface area contributed by atoms with Gasteiger partial charge in [0.15, 0.2) is 0 Å². The van der Waals surface area contributed by atoms with Crippen molar-refractivity contribution < 1.29 is 19.5 Å². The van der Waals surface area contributed by atoms with Gasteiger partial charge in [-0.25, -0.2) is 0 Å². The molecule has 2 aromatic carbocycles. The molecule has 2 aromatic rings. The van der Waals surface area contributed by atoms with Gasteiger partial charge in [0.1, 0.15) is 6.04 Å². The normalized spacial score (nSPS) is 25.5. The number of anilines is 2. The second-order valence-electron chi connectivity index (χ2n) is 12.0. The van der Waals surface area contributed by atoms with Crippen LogP contribution in [0.4, 0.5) is 11.4 Å². The van der Waals surface area contributed by atoms with E-state index >= 15 is 0 Å². The third-order valence-electron chi connectivity index (χ3n) is 9.26. The largest absolute Gasteiger partial charge is 0.396 e. The minimum atomic E-state index is -0.684. The number of aliphatic hydroxyl groups is 1. The van der Waals surface area contributed by atoms with Gasteiger partial charge in [0.2, 0.25) is 11.8 Å². The highest BCUT2D eigenvalue weighted by atomic mass is 32.2. The van der Waals surface area contributed by atoms with E-state index in [2.05, 4.69) is 13.2 Å². The quantitative estimate of drug-likeness (QED) is 0.249. The van der Waals surface area contributed by atoms with E-state index in [-0.39, 0.29) is 29.6 Å². The number of nitrogens with zero attached hydrogens (tertiary/aromatic N) is 3. The van der Waals surface area contributed by atoms with E-state index in [0.717, 1.165) is 35.3 Å². The molecule has 3 aliphatic rings. The minimum Gasteiger partial charge on any atom is -0.396 e. The second kappa shape index (κ2) is 13.1. The Bertz CT molecular complexity index is 1380. The fourth-order valence-electron chi connectivity index (χ4n) is 7.36. The van der Waals surface area contributed by atoms with Crippen molar-refractivity contribution in [3.63, 3.8) is 0 Å². The monoisotopic (exact) mass is 601 g/mol. The van der Waals surface area contributed by atoms with Crippen molar-refractivity contribution in [1.82, 2.24) is 4.90 Å². The number of thioether (sulfide) groups is 1. The van der Waals surface area contributed by atoms with Gasteiger partial charge in [0.05, 0.1) is 16.6 Å². The van der Waals surface area contributed by atoms with Crippen molar-refractivity contribution in [3.8, 4) is 0 Å². The van der Waals surface area contributed by atoms with Crippen molar-refractivity contribution in [1.29, 1.82) is 0 Å². The predicted molar refractivity (Wildman–Crippen MR) is 174 cm³/mol. The van der Waals surface area contributed by atoms with E-state index in [9.17, 15) is 19.5 Å². The number of hydrogen-bond acceptors (Lipinski definition) is 5. The molecule has 1 spiro atoms. The van der Waals surface area contributed by atoms with Crippen LogP contribution in [-0.4, -0.2) is 70.0 Å². The summed E-state index contributed by atoms with van der Waals surface area (Å²) in [7, 11) is 0. The second-order valence-corrected chi connectivity index (χ2v) is 13.6. The lowest BCUT2D eigenvalue weighted by atomic mass is 9.70. The molecule has 2 bridgehead atoms. The van der Waals surface area contributed by atoms with Crippen LogP contribution < -0.4 is 9.80 Å². The number of benzene rings is 2. The fourth-order valence-corrected chi connectivity index (χ4v) is 9.57. The Labute approximate surface area is 259 Å². The predicted octanol–water partition coefficient (Wildman–Crippen LogP) is 5.30. The molecule has 0 radical (unpaired) electrons. The van der Waals surface area contributed by atoms with Crippen LogP contribution in [0.5, 0.6) is 0 Å². The maximum atomic E-state index is 14.8. The summed E-state index contributed by atoms with van der Waals surface area (Å²) in [6, 6.07) is 14.9. The van der Waals surface area contributed by atoms with Crippen LogP contribution in [0, 0.1) is 25.7 Å². The third kappa shape index (κ3) is 5.55. The van der Waals surface area contributed by atoms with Crippen LogP contribution in [0.3, 0.4) is 0 Å². The van der Waals surface area contributed by atoms with Crippen LogP contribution in [0.2, 0.25) is 0 Å².